The summed E-state index contributed by atoms with van der Waals surface area (Å²) in [5.74, 6) is 0.372. The van der Waals surface area contributed by atoms with Gasteiger partial charge < -0.3 is 9.84 Å². The molecule has 1 aromatic rings. The van der Waals surface area contributed by atoms with Gasteiger partial charge in [-0.1, -0.05) is 25.9 Å². The number of amides is 1. The van der Waals surface area contributed by atoms with Gasteiger partial charge in [-0.25, -0.2) is 0 Å². The van der Waals surface area contributed by atoms with Crippen LogP contribution in [0.2, 0.25) is 0 Å². The van der Waals surface area contributed by atoms with E-state index in [0.717, 1.165) is 38.3 Å². The van der Waals surface area contributed by atoms with Crippen LogP contribution in [0.15, 0.2) is 10.6 Å². The van der Waals surface area contributed by atoms with Crippen LogP contribution in [-0.2, 0) is 10.2 Å². The van der Waals surface area contributed by atoms with Crippen LogP contribution in [0.1, 0.15) is 32.9 Å². The number of carbonyl (C=O) groups excluding carboxylic acids is 1. The van der Waals surface area contributed by atoms with Crippen molar-refractivity contribution in [1.29, 1.82) is 0 Å². The van der Waals surface area contributed by atoms with Gasteiger partial charge in [-0.2, -0.15) is 0 Å². The van der Waals surface area contributed by atoms with Crippen molar-refractivity contribution in [3.8, 4) is 0 Å². The Hall–Kier alpha value is -1.40. The second kappa shape index (κ2) is 6.37. The van der Waals surface area contributed by atoms with Crippen molar-refractivity contribution < 1.29 is 9.32 Å². The molecule has 1 amide bonds. The Morgan fingerprint density at radius 1 is 1.45 bits per heavy atom. The highest BCUT2D eigenvalue weighted by Gasteiger charge is 2.20. The van der Waals surface area contributed by atoms with Gasteiger partial charge in [0.15, 0.2) is 0 Å². The molecule has 2 rings (SSSR count). The summed E-state index contributed by atoms with van der Waals surface area (Å²) in [5.41, 5.74) is 0.759. The first kappa shape index (κ1) is 15.0. The summed E-state index contributed by atoms with van der Waals surface area (Å²) >= 11 is 0. The molecule has 112 valence electrons. The molecule has 1 aliphatic rings. The minimum atomic E-state index is -0.0804. The largest absolute Gasteiger partial charge is 0.338 e. The normalized spacial score (nSPS) is 17.8. The molecule has 6 heteroatoms. The van der Waals surface area contributed by atoms with Gasteiger partial charge in [-0.3, -0.25) is 15.0 Å². The second-order valence-corrected chi connectivity index (χ2v) is 6.25. The lowest BCUT2D eigenvalue weighted by Gasteiger charge is -2.17. The van der Waals surface area contributed by atoms with Crippen LogP contribution in [0.3, 0.4) is 0 Å². The summed E-state index contributed by atoms with van der Waals surface area (Å²) in [4.78, 5) is 14.1. The number of hydrogen-bond donors (Lipinski definition) is 2. The minimum absolute atomic E-state index is 0.0523. The van der Waals surface area contributed by atoms with Crippen LogP contribution in [0.25, 0.3) is 0 Å². The molecule has 0 aromatic carbocycles. The molecule has 1 fully saturated rings. The van der Waals surface area contributed by atoms with Crippen molar-refractivity contribution in [3.05, 3.63) is 11.8 Å². The highest BCUT2D eigenvalue weighted by atomic mass is 16.5. The van der Waals surface area contributed by atoms with Crippen molar-refractivity contribution in [2.75, 3.05) is 38.0 Å². The van der Waals surface area contributed by atoms with Crippen molar-refractivity contribution in [2.24, 2.45) is 0 Å². The summed E-state index contributed by atoms with van der Waals surface area (Å²) in [7, 11) is 0. The SMILES string of the molecule is CC(C)(C)c1cc(NC(=O)CN2CCCNCC2)on1. The molecule has 1 saturated heterocycles. The summed E-state index contributed by atoms with van der Waals surface area (Å²) < 4.78 is 5.16. The minimum Gasteiger partial charge on any atom is -0.338 e. The van der Waals surface area contributed by atoms with Crippen LogP contribution in [-0.4, -0.2) is 48.7 Å². The van der Waals surface area contributed by atoms with Gasteiger partial charge in [0.05, 0.1) is 12.2 Å². The molecule has 0 unspecified atom stereocenters. The van der Waals surface area contributed by atoms with Crippen LogP contribution in [0.4, 0.5) is 5.88 Å². The van der Waals surface area contributed by atoms with Crippen molar-refractivity contribution in [1.82, 2.24) is 15.4 Å². The third-order valence-electron chi connectivity index (χ3n) is 3.34. The Morgan fingerprint density at radius 2 is 2.25 bits per heavy atom. The number of anilines is 1. The van der Waals surface area contributed by atoms with E-state index in [1.807, 2.05) is 0 Å². The molecular weight excluding hydrogens is 256 g/mol. The van der Waals surface area contributed by atoms with E-state index in [1.54, 1.807) is 6.07 Å². The molecule has 0 atom stereocenters. The van der Waals surface area contributed by atoms with E-state index in [2.05, 4.69) is 41.5 Å². The van der Waals surface area contributed by atoms with E-state index in [-0.39, 0.29) is 11.3 Å². The molecule has 20 heavy (non-hydrogen) atoms. The Kier molecular flexibility index (Phi) is 4.77. The molecule has 2 heterocycles. The Balaban J connectivity index is 1.86. The highest BCUT2D eigenvalue weighted by molar-refractivity contribution is 5.91. The summed E-state index contributed by atoms with van der Waals surface area (Å²) in [5, 5.41) is 10.1. The lowest BCUT2D eigenvalue weighted by Crippen LogP contribution is -2.35. The standard InChI is InChI=1S/C14H24N4O2/c1-14(2,3)11-9-13(20-17-11)16-12(19)10-18-7-4-5-15-6-8-18/h9,15H,4-8,10H2,1-3H3,(H,16,19). The van der Waals surface area contributed by atoms with Gasteiger partial charge in [-0.15, -0.1) is 0 Å². The molecule has 0 spiro atoms. The third kappa shape index (κ3) is 4.31. The summed E-state index contributed by atoms with van der Waals surface area (Å²) in [6.45, 7) is 10.4. The maximum Gasteiger partial charge on any atom is 0.240 e. The highest BCUT2D eigenvalue weighted by Crippen LogP contribution is 2.23. The summed E-state index contributed by atoms with van der Waals surface area (Å²) in [6.07, 6.45) is 1.07. The average Bonchev–Trinajstić information content (AvgIpc) is 2.67. The van der Waals surface area contributed by atoms with Crippen LogP contribution in [0.5, 0.6) is 0 Å². The van der Waals surface area contributed by atoms with Gasteiger partial charge >= 0.3 is 0 Å². The van der Waals surface area contributed by atoms with Gasteiger partial charge in [-0.05, 0) is 19.5 Å². The molecular formula is C14H24N4O2. The zero-order valence-electron chi connectivity index (χ0n) is 12.5. The average molecular weight is 280 g/mol. The van der Waals surface area contributed by atoms with E-state index >= 15 is 0 Å². The van der Waals surface area contributed by atoms with E-state index in [1.165, 1.54) is 0 Å². The second-order valence-electron chi connectivity index (χ2n) is 6.25. The molecule has 0 saturated carbocycles. The fraction of sp³-hybridized carbons (Fsp3) is 0.714. The van der Waals surface area contributed by atoms with Crippen LogP contribution in [0, 0.1) is 0 Å². The number of nitrogens with zero attached hydrogens (tertiary/aromatic N) is 2. The van der Waals surface area contributed by atoms with Gasteiger partial charge in [0, 0.05) is 24.6 Å². The molecule has 0 bridgehead atoms. The topological polar surface area (TPSA) is 70.4 Å². The quantitative estimate of drug-likeness (QED) is 0.871. The van der Waals surface area contributed by atoms with Crippen LogP contribution < -0.4 is 10.6 Å². The Labute approximate surface area is 119 Å². The van der Waals surface area contributed by atoms with E-state index in [0.29, 0.717) is 12.4 Å². The number of aromatic nitrogens is 1. The smallest absolute Gasteiger partial charge is 0.240 e. The first-order chi connectivity index (χ1) is 9.45. The predicted molar refractivity (Wildman–Crippen MR) is 77.8 cm³/mol. The number of rotatable bonds is 3. The maximum absolute atomic E-state index is 12.0. The van der Waals surface area contributed by atoms with Crippen molar-refractivity contribution in [3.63, 3.8) is 0 Å². The lowest BCUT2D eigenvalue weighted by atomic mass is 9.92. The molecule has 0 aliphatic carbocycles. The van der Waals surface area contributed by atoms with Gasteiger partial charge in [0.2, 0.25) is 11.8 Å². The lowest BCUT2D eigenvalue weighted by molar-refractivity contribution is -0.117. The van der Waals surface area contributed by atoms with E-state index < -0.39 is 0 Å². The third-order valence-corrected chi connectivity index (χ3v) is 3.34. The van der Waals surface area contributed by atoms with Gasteiger partial charge in [0.1, 0.15) is 0 Å². The molecule has 1 aromatic heterocycles. The van der Waals surface area contributed by atoms with E-state index in [9.17, 15) is 4.79 Å². The van der Waals surface area contributed by atoms with Crippen molar-refractivity contribution in [2.45, 2.75) is 32.6 Å². The Bertz CT molecular complexity index is 442. The fourth-order valence-corrected chi connectivity index (χ4v) is 2.13. The predicted octanol–water partition coefficient (Wildman–Crippen LogP) is 1.21. The van der Waals surface area contributed by atoms with Crippen molar-refractivity contribution >= 4 is 11.8 Å². The summed E-state index contributed by atoms with van der Waals surface area (Å²) in [6, 6.07) is 1.79. The first-order valence-electron chi connectivity index (χ1n) is 7.15. The zero-order chi connectivity index (χ0) is 14.6. The molecule has 1 aliphatic heterocycles. The number of carbonyl (C=O) groups is 1. The fourth-order valence-electron chi connectivity index (χ4n) is 2.13. The number of hydrogen-bond acceptors (Lipinski definition) is 5. The van der Waals surface area contributed by atoms with Gasteiger partial charge in [0.25, 0.3) is 0 Å². The molecule has 2 N–H and O–H groups in total. The van der Waals surface area contributed by atoms with Crippen LogP contribution >= 0.6 is 0 Å². The Morgan fingerprint density at radius 3 is 2.95 bits per heavy atom. The van der Waals surface area contributed by atoms with E-state index in [4.69, 9.17) is 4.52 Å². The number of nitrogens with one attached hydrogen (secondary N) is 2. The monoisotopic (exact) mass is 280 g/mol. The maximum atomic E-state index is 12.0. The zero-order valence-corrected chi connectivity index (χ0v) is 12.5. The molecule has 6 nitrogen and oxygen atoms in total. The first-order valence-corrected chi connectivity index (χ1v) is 7.15. The molecule has 0 radical (unpaired) electrons.